The van der Waals surface area contributed by atoms with Crippen molar-refractivity contribution < 1.29 is 34.8 Å². The van der Waals surface area contributed by atoms with E-state index in [0.29, 0.717) is 37.8 Å². The molecule has 0 aliphatic carbocycles. The smallest absolute Gasteiger partial charge is 0.349 e. The summed E-state index contributed by atoms with van der Waals surface area (Å²) in [4.78, 5) is 13.0. The topological polar surface area (TPSA) is 113 Å². The van der Waals surface area contributed by atoms with Gasteiger partial charge in [-0.15, -0.1) is 0 Å². The average Bonchev–Trinajstić information content (AvgIpc) is 2.92. The molecule has 2 atom stereocenters. The van der Waals surface area contributed by atoms with Gasteiger partial charge in [-0.25, -0.2) is 16.8 Å². The highest BCUT2D eigenvalue weighted by atomic mass is 32.2. The van der Waals surface area contributed by atoms with E-state index in [4.69, 9.17) is 0 Å². The number of hydrogen-bond acceptors (Lipinski definition) is 5. The van der Waals surface area contributed by atoms with E-state index in [9.17, 15) is 34.8 Å². The summed E-state index contributed by atoms with van der Waals surface area (Å²) in [5.74, 6) is -0.857. The molecule has 1 amide bonds. The van der Waals surface area contributed by atoms with Crippen molar-refractivity contribution in [1.29, 1.82) is 0 Å². The molecule has 2 saturated heterocycles. The Kier molecular flexibility index (Phi) is 6.57. The molecule has 0 saturated carbocycles. The lowest BCUT2D eigenvalue weighted by molar-refractivity contribution is -0.137. The number of nitrogens with zero attached hydrogens (tertiary/aromatic N) is 1. The number of anilines is 1. The standard InChI is InChI=1S/C20H28F3N3O5S2/c1-19(2,3)33(30,31)25-17-8-5-12(20(21,22)23)9-16(17)18(27)24-13-10-14-6-7-15(11-13)26(14)32(4,28)29/h5,8-9,13-15,25H,6-7,10-11H2,1-4H3,(H,24,27). The lowest BCUT2D eigenvalue weighted by atomic mass is 9.99. The number of carbonyl (C=O) groups excluding carboxylic acids is 1. The van der Waals surface area contributed by atoms with E-state index in [1.165, 1.54) is 25.1 Å². The molecule has 3 rings (SSSR count). The van der Waals surface area contributed by atoms with E-state index in [1.807, 2.05) is 0 Å². The van der Waals surface area contributed by atoms with Crippen LogP contribution in [-0.2, 0) is 26.2 Å². The van der Waals surface area contributed by atoms with Crippen LogP contribution < -0.4 is 10.0 Å². The number of rotatable bonds is 5. The van der Waals surface area contributed by atoms with Crippen molar-refractivity contribution in [2.75, 3.05) is 11.0 Å². The zero-order valence-electron chi connectivity index (χ0n) is 18.7. The van der Waals surface area contributed by atoms with Crippen LogP contribution in [0.3, 0.4) is 0 Å². The van der Waals surface area contributed by atoms with Gasteiger partial charge in [0.15, 0.2) is 0 Å². The zero-order chi connectivity index (χ0) is 25.0. The van der Waals surface area contributed by atoms with Crippen LogP contribution in [0.2, 0.25) is 0 Å². The van der Waals surface area contributed by atoms with Crippen LogP contribution in [0.25, 0.3) is 0 Å². The number of alkyl halides is 3. The Balaban J connectivity index is 1.89. The Morgan fingerprint density at radius 2 is 1.58 bits per heavy atom. The van der Waals surface area contributed by atoms with Crippen LogP contribution in [-0.4, -0.2) is 56.2 Å². The Labute approximate surface area is 192 Å². The first-order chi connectivity index (χ1) is 14.9. The highest BCUT2D eigenvalue weighted by molar-refractivity contribution is 7.94. The Morgan fingerprint density at radius 1 is 1.03 bits per heavy atom. The van der Waals surface area contributed by atoms with Gasteiger partial charge in [0.1, 0.15) is 0 Å². The van der Waals surface area contributed by atoms with Gasteiger partial charge < -0.3 is 5.32 Å². The Bertz CT molecular complexity index is 1130. The third kappa shape index (κ3) is 5.46. The van der Waals surface area contributed by atoms with Crippen molar-refractivity contribution in [1.82, 2.24) is 9.62 Å². The molecule has 0 radical (unpaired) electrons. The molecule has 2 unspecified atom stereocenters. The van der Waals surface area contributed by atoms with Crippen molar-refractivity contribution in [2.24, 2.45) is 0 Å². The average molecular weight is 512 g/mol. The van der Waals surface area contributed by atoms with Crippen molar-refractivity contribution in [2.45, 2.75) is 75.5 Å². The van der Waals surface area contributed by atoms with E-state index in [0.717, 1.165) is 12.3 Å². The van der Waals surface area contributed by atoms with Gasteiger partial charge in [0.25, 0.3) is 5.91 Å². The molecule has 0 aromatic heterocycles. The molecule has 1 aromatic rings. The summed E-state index contributed by atoms with van der Waals surface area (Å²) in [7, 11) is -7.41. The number of amides is 1. The van der Waals surface area contributed by atoms with Crippen LogP contribution >= 0.6 is 0 Å². The summed E-state index contributed by atoms with van der Waals surface area (Å²) in [5.41, 5.74) is -1.79. The number of sulfonamides is 2. The van der Waals surface area contributed by atoms with Gasteiger partial charge in [-0.1, -0.05) is 0 Å². The molecule has 13 heteroatoms. The first kappa shape index (κ1) is 25.8. The highest BCUT2D eigenvalue weighted by Gasteiger charge is 2.45. The first-order valence-corrected chi connectivity index (χ1v) is 13.8. The predicted molar refractivity (Wildman–Crippen MR) is 118 cm³/mol. The molecule has 2 bridgehead atoms. The lowest BCUT2D eigenvalue weighted by Gasteiger charge is -2.37. The van der Waals surface area contributed by atoms with Crippen molar-refractivity contribution in [3.63, 3.8) is 0 Å². The number of nitrogens with one attached hydrogen (secondary N) is 2. The fourth-order valence-corrected chi connectivity index (χ4v) is 6.59. The summed E-state index contributed by atoms with van der Waals surface area (Å²) in [6.45, 7) is 4.26. The third-order valence-electron chi connectivity index (χ3n) is 6.03. The maximum atomic E-state index is 13.3. The molecular formula is C20H28F3N3O5S2. The van der Waals surface area contributed by atoms with E-state index < -0.39 is 54.0 Å². The number of benzene rings is 1. The molecule has 2 fully saturated rings. The van der Waals surface area contributed by atoms with Crippen LogP contribution in [0.4, 0.5) is 18.9 Å². The predicted octanol–water partition coefficient (Wildman–Crippen LogP) is 2.93. The molecular weight excluding hydrogens is 483 g/mol. The van der Waals surface area contributed by atoms with E-state index in [1.54, 1.807) is 0 Å². The van der Waals surface area contributed by atoms with Crippen LogP contribution in [0, 0.1) is 0 Å². The van der Waals surface area contributed by atoms with Crippen LogP contribution in [0.1, 0.15) is 62.4 Å². The number of piperidine rings is 1. The van der Waals surface area contributed by atoms with Gasteiger partial charge in [-0.3, -0.25) is 9.52 Å². The molecule has 2 aliphatic heterocycles. The summed E-state index contributed by atoms with van der Waals surface area (Å²) < 4.78 is 91.5. The second kappa shape index (κ2) is 8.42. The molecule has 2 aliphatic rings. The maximum absolute atomic E-state index is 13.3. The number of carbonyl (C=O) groups is 1. The zero-order valence-corrected chi connectivity index (χ0v) is 20.4. The minimum absolute atomic E-state index is 0.257. The minimum atomic E-state index is -4.73. The van der Waals surface area contributed by atoms with E-state index in [2.05, 4.69) is 10.0 Å². The maximum Gasteiger partial charge on any atom is 0.416 e. The first-order valence-electron chi connectivity index (χ1n) is 10.4. The molecule has 0 spiro atoms. The van der Waals surface area contributed by atoms with Gasteiger partial charge in [0.05, 0.1) is 27.8 Å². The fraction of sp³-hybridized carbons (Fsp3) is 0.650. The Hall–Kier alpha value is -1.86. The van der Waals surface area contributed by atoms with Crippen molar-refractivity contribution in [3.05, 3.63) is 29.3 Å². The minimum Gasteiger partial charge on any atom is -0.349 e. The largest absolute Gasteiger partial charge is 0.416 e. The summed E-state index contributed by atoms with van der Waals surface area (Å²) in [6.07, 6.45) is -1.65. The molecule has 33 heavy (non-hydrogen) atoms. The highest BCUT2D eigenvalue weighted by Crippen LogP contribution is 2.38. The third-order valence-corrected chi connectivity index (χ3v) is 9.49. The lowest BCUT2D eigenvalue weighted by Crippen LogP contribution is -2.52. The van der Waals surface area contributed by atoms with Crippen LogP contribution in [0.15, 0.2) is 18.2 Å². The summed E-state index contributed by atoms with van der Waals surface area (Å²) in [5, 5.41) is 2.69. The SMILES string of the molecule is CC(C)(C)S(=O)(=O)Nc1ccc(C(F)(F)F)cc1C(=O)NC1CC2CCC(C1)N2S(C)(=O)=O. The molecule has 2 N–H and O–H groups in total. The molecule has 2 heterocycles. The van der Waals surface area contributed by atoms with E-state index in [-0.39, 0.29) is 17.8 Å². The summed E-state index contributed by atoms with van der Waals surface area (Å²) in [6, 6.07) is 1.23. The van der Waals surface area contributed by atoms with Crippen LogP contribution in [0.5, 0.6) is 0 Å². The number of fused-ring (bicyclic) bond motifs is 2. The monoisotopic (exact) mass is 511 g/mol. The van der Waals surface area contributed by atoms with Gasteiger partial charge in [0.2, 0.25) is 20.0 Å². The molecule has 186 valence electrons. The quantitative estimate of drug-likeness (QED) is 0.631. The molecule has 8 nitrogen and oxygen atoms in total. The second-order valence-electron chi connectivity index (χ2n) is 9.60. The van der Waals surface area contributed by atoms with Gasteiger partial charge in [-0.2, -0.15) is 17.5 Å². The summed E-state index contributed by atoms with van der Waals surface area (Å²) >= 11 is 0. The normalized spacial score (nSPS) is 24.5. The van der Waals surface area contributed by atoms with Crippen molar-refractivity contribution in [3.8, 4) is 0 Å². The number of halogens is 3. The van der Waals surface area contributed by atoms with Crippen molar-refractivity contribution >= 4 is 31.6 Å². The van der Waals surface area contributed by atoms with Gasteiger partial charge in [-0.05, 0) is 64.7 Å². The molecule has 1 aromatic carbocycles. The second-order valence-corrected chi connectivity index (χ2v) is 13.9. The van der Waals surface area contributed by atoms with E-state index >= 15 is 0 Å². The van der Waals surface area contributed by atoms with Gasteiger partial charge >= 0.3 is 6.18 Å². The number of hydrogen-bond donors (Lipinski definition) is 2. The fourth-order valence-electron chi connectivity index (χ4n) is 4.35. The van der Waals surface area contributed by atoms with Gasteiger partial charge in [0, 0.05) is 18.1 Å². The Morgan fingerprint density at radius 3 is 2.03 bits per heavy atom.